The second-order valence-electron chi connectivity index (χ2n) is 7.17. The fourth-order valence-corrected chi connectivity index (χ4v) is 3.60. The van der Waals surface area contributed by atoms with Gasteiger partial charge in [0.2, 0.25) is 0 Å². The Balaban J connectivity index is 1.71. The second kappa shape index (κ2) is 8.86. The van der Waals surface area contributed by atoms with Gasteiger partial charge in [0.15, 0.2) is 11.6 Å². The van der Waals surface area contributed by atoms with E-state index in [2.05, 4.69) is 25.3 Å². The summed E-state index contributed by atoms with van der Waals surface area (Å²) in [5, 5.41) is 14.2. The summed E-state index contributed by atoms with van der Waals surface area (Å²) in [5.74, 6) is -1.95. The van der Waals surface area contributed by atoms with Crippen LogP contribution in [0.2, 0.25) is 0 Å². The molecule has 34 heavy (non-hydrogen) atoms. The summed E-state index contributed by atoms with van der Waals surface area (Å²) < 4.78 is 61.6. The highest BCUT2D eigenvalue weighted by molar-refractivity contribution is 5.90. The van der Waals surface area contributed by atoms with Crippen molar-refractivity contribution in [2.75, 3.05) is 11.9 Å². The van der Waals surface area contributed by atoms with E-state index in [0.29, 0.717) is 5.75 Å². The number of amides is 2. The van der Waals surface area contributed by atoms with Crippen LogP contribution in [0.1, 0.15) is 23.4 Å². The number of urea groups is 1. The molecule has 3 heterocycles. The highest BCUT2D eigenvalue weighted by Crippen LogP contribution is 2.41. The van der Waals surface area contributed by atoms with Gasteiger partial charge >= 0.3 is 12.4 Å². The number of anilines is 1. The Hall–Kier alpha value is -4.40. The maximum Gasteiger partial charge on any atom is 0.573 e. The van der Waals surface area contributed by atoms with E-state index in [1.165, 1.54) is 30.6 Å². The van der Waals surface area contributed by atoms with Crippen molar-refractivity contribution in [2.24, 2.45) is 0 Å². The normalized spacial score (nSPS) is 17.0. The average molecular weight is 473 g/mol. The van der Waals surface area contributed by atoms with Gasteiger partial charge in [0, 0.05) is 12.6 Å². The lowest BCUT2D eigenvalue weighted by molar-refractivity contribution is -0.275. The number of aromatic nitrogens is 2. The van der Waals surface area contributed by atoms with Crippen LogP contribution in [0, 0.1) is 17.1 Å². The third kappa shape index (κ3) is 4.68. The zero-order chi connectivity index (χ0) is 24.3. The van der Waals surface area contributed by atoms with Crippen LogP contribution >= 0.6 is 0 Å². The molecule has 8 nitrogen and oxygen atoms in total. The lowest BCUT2D eigenvalue weighted by atomic mass is 9.81. The molecule has 1 aliphatic rings. The third-order valence-corrected chi connectivity index (χ3v) is 5.02. The molecule has 0 spiro atoms. The third-order valence-electron chi connectivity index (χ3n) is 5.02. The van der Waals surface area contributed by atoms with E-state index in [4.69, 9.17) is 10.00 Å². The number of nitrogens with one attached hydrogen (secondary N) is 2. The molecule has 0 unspecified atom stereocenters. The summed E-state index contributed by atoms with van der Waals surface area (Å²) in [4.78, 5) is 21.1. The van der Waals surface area contributed by atoms with E-state index in [0.717, 1.165) is 12.1 Å². The molecular weight excluding hydrogens is 458 g/mol. The van der Waals surface area contributed by atoms with Crippen LogP contribution < -0.4 is 20.1 Å². The fraction of sp³-hybridized carbons (Fsp3) is 0.182. The number of benzene rings is 1. The van der Waals surface area contributed by atoms with Gasteiger partial charge in [0.25, 0.3) is 0 Å². The van der Waals surface area contributed by atoms with Gasteiger partial charge in [0.1, 0.15) is 28.7 Å². The van der Waals surface area contributed by atoms with Crippen molar-refractivity contribution in [2.45, 2.75) is 18.3 Å². The average Bonchev–Trinajstić information content (AvgIpc) is 2.80. The topological polar surface area (TPSA) is 109 Å². The summed E-state index contributed by atoms with van der Waals surface area (Å²) in [6.07, 6.45) is -2.23. The van der Waals surface area contributed by atoms with Crippen LogP contribution in [-0.2, 0) is 5.54 Å². The van der Waals surface area contributed by atoms with Crippen molar-refractivity contribution >= 4 is 11.7 Å². The van der Waals surface area contributed by atoms with Crippen LogP contribution in [0.4, 0.5) is 28.0 Å². The van der Waals surface area contributed by atoms with Crippen LogP contribution in [-0.4, -0.2) is 29.0 Å². The first-order valence-corrected chi connectivity index (χ1v) is 9.79. The number of hydrogen-bond acceptors (Lipinski definition) is 6. The first-order valence-electron chi connectivity index (χ1n) is 9.79. The van der Waals surface area contributed by atoms with Crippen LogP contribution in [0.15, 0.2) is 54.9 Å². The second-order valence-corrected chi connectivity index (χ2v) is 7.17. The minimum absolute atomic E-state index is 0.106. The summed E-state index contributed by atoms with van der Waals surface area (Å²) >= 11 is 0. The number of nitriles is 1. The fourth-order valence-electron chi connectivity index (χ4n) is 3.60. The number of ether oxygens (including phenoxy) is 2. The van der Waals surface area contributed by atoms with Crippen molar-refractivity contribution in [1.29, 1.82) is 5.26 Å². The molecule has 1 aromatic carbocycles. The largest absolute Gasteiger partial charge is 0.573 e. The number of hydrogen-bond donors (Lipinski definition) is 2. The van der Waals surface area contributed by atoms with Crippen molar-refractivity contribution in [3.05, 3.63) is 77.6 Å². The molecule has 0 fully saturated rings. The molecule has 2 amide bonds. The summed E-state index contributed by atoms with van der Waals surface area (Å²) in [7, 11) is 0. The van der Waals surface area contributed by atoms with E-state index in [1.807, 2.05) is 6.07 Å². The Kier molecular flexibility index (Phi) is 5.93. The Morgan fingerprint density at radius 2 is 2.03 bits per heavy atom. The number of pyridine rings is 2. The van der Waals surface area contributed by atoms with E-state index in [9.17, 15) is 22.4 Å². The predicted octanol–water partition coefficient (Wildman–Crippen LogP) is 4.23. The Labute approximate surface area is 190 Å². The van der Waals surface area contributed by atoms with Crippen molar-refractivity contribution < 1.29 is 31.8 Å². The van der Waals surface area contributed by atoms with E-state index in [1.54, 1.807) is 12.1 Å². The molecule has 0 aliphatic carbocycles. The van der Waals surface area contributed by atoms with Gasteiger partial charge < -0.3 is 20.1 Å². The standard InChI is InChI=1S/C22H15F4N5O3/c23-16-10-13(3-6-17(16)34-22(24,25)26)21(7-9-33-18-2-1-8-28-19(18)21)31-20(32)30-15-5-4-14(11-27)29-12-15/h1-6,8,10,12H,7,9H2,(H2,30,31,32)/t21-/m0/s1. The molecule has 12 heteroatoms. The number of alkyl halides is 3. The molecule has 0 bridgehead atoms. The van der Waals surface area contributed by atoms with Crippen LogP contribution in [0.5, 0.6) is 11.5 Å². The first-order chi connectivity index (χ1) is 16.2. The molecule has 4 rings (SSSR count). The van der Waals surface area contributed by atoms with Crippen LogP contribution in [0.3, 0.4) is 0 Å². The molecule has 174 valence electrons. The highest BCUT2D eigenvalue weighted by atomic mass is 19.4. The number of rotatable bonds is 4. The molecule has 1 atom stereocenters. The zero-order valence-electron chi connectivity index (χ0n) is 17.2. The first kappa shape index (κ1) is 22.8. The smallest absolute Gasteiger partial charge is 0.491 e. The van der Waals surface area contributed by atoms with Crippen molar-refractivity contribution in [3.63, 3.8) is 0 Å². The van der Waals surface area contributed by atoms with E-state index >= 15 is 0 Å². The number of carbonyl (C=O) groups is 1. The summed E-state index contributed by atoms with van der Waals surface area (Å²) in [5.41, 5.74) is -0.618. The van der Waals surface area contributed by atoms with Crippen molar-refractivity contribution in [3.8, 4) is 17.6 Å². The van der Waals surface area contributed by atoms with Gasteiger partial charge in [-0.05, 0) is 42.0 Å². The number of nitrogens with zero attached hydrogens (tertiary/aromatic N) is 3. The molecule has 1 aliphatic heterocycles. The SMILES string of the molecule is N#Cc1ccc(NC(=O)N[C@]2(c3ccc(OC(F)(F)F)c(F)c3)CCOc3cccnc32)cn1. The zero-order valence-corrected chi connectivity index (χ0v) is 17.2. The monoisotopic (exact) mass is 473 g/mol. The van der Waals surface area contributed by atoms with Gasteiger partial charge in [-0.2, -0.15) is 5.26 Å². The van der Waals surface area contributed by atoms with Crippen LogP contribution in [0.25, 0.3) is 0 Å². The van der Waals surface area contributed by atoms with Gasteiger partial charge in [-0.25, -0.2) is 14.2 Å². The highest BCUT2D eigenvalue weighted by Gasteiger charge is 2.43. The summed E-state index contributed by atoms with van der Waals surface area (Å²) in [6, 6.07) is 10.1. The molecule has 3 aromatic rings. The molecule has 0 saturated carbocycles. The molecule has 2 N–H and O–H groups in total. The van der Waals surface area contributed by atoms with Gasteiger partial charge in [-0.3, -0.25) is 4.98 Å². The quantitative estimate of drug-likeness (QED) is 0.549. The molecular formula is C22H15F4N5O3. The Morgan fingerprint density at radius 1 is 1.21 bits per heavy atom. The number of fused-ring (bicyclic) bond motifs is 1. The number of carbonyl (C=O) groups excluding carboxylic acids is 1. The minimum atomic E-state index is -5.07. The van der Waals surface area contributed by atoms with Gasteiger partial charge in [-0.15, -0.1) is 13.2 Å². The Morgan fingerprint density at radius 3 is 2.71 bits per heavy atom. The van der Waals surface area contributed by atoms with E-state index in [-0.39, 0.29) is 35.7 Å². The maximum atomic E-state index is 14.6. The Bertz CT molecular complexity index is 1260. The molecule has 0 radical (unpaired) electrons. The minimum Gasteiger partial charge on any atom is -0.491 e. The maximum absolute atomic E-state index is 14.6. The number of halogens is 4. The van der Waals surface area contributed by atoms with Crippen molar-refractivity contribution in [1.82, 2.24) is 15.3 Å². The molecule has 0 saturated heterocycles. The van der Waals surface area contributed by atoms with E-state index < -0.39 is 29.5 Å². The van der Waals surface area contributed by atoms with Gasteiger partial charge in [-0.1, -0.05) is 6.07 Å². The van der Waals surface area contributed by atoms with Gasteiger partial charge in [0.05, 0.1) is 18.5 Å². The molecule has 2 aromatic heterocycles. The lowest BCUT2D eigenvalue weighted by Crippen LogP contribution is -2.51. The predicted molar refractivity (Wildman–Crippen MR) is 109 cm³/mol. The lowest BCUT2D eigenvalue weighted by Gasteiger charge is -2.39. The summed E-state index contributed by atoms with van der Waals surface area (Å²) in [6.45, 7) is 0.111.